The number of carbonyl (C=O) groups excluding carboxylic acids is 1. The Morgan fingerprint density at radius 3 is 2.46 bits per heavy atom. The number of rotatable bonds is 2. The van der Waals surface area contributed by atoms with Gasteiger partial charge in [0.2, 0.25) is 0 Å². The molecule has 1 amide bonds. The van der Waals surface area contributed by atoms with Gasteiger partial charge in [0.25, 0.3) is 0 Å². The lowest BCUT2D eigenvalue weighted by molar-refractivity contribution is 0.0636. The van der Waals surface area contributed by atoms with Gasteiger partial charge in [-0.3, -0.25) is 9.88 Å². The van der Waals surface area contributed by atoms with Gasteiger partial charge in [-0.05, 0) is 73.1 Å². The molecule has 5 nitrogen and oxygen atoms in total. The molecule has 0 aliphatic heterocycles. The largest absolute Gasteiger partial charge is 0.444 e. The third kappa shape index (κ3) is 3.59. The molecule has 0 unspecified atom stereocenters. The second kappa shape index (κ2) is 6.28. The third-order valence-corrected chi connectivity index (χ3v) is 3.82. The van der Waals surface area contributed by atoms with Crippen molar-refractivity contribution < 1.29 is 9.53 Å². The summed E-state index contributed by atoms with van der Waals surface area (Å²) in [6.45, 7) is 5.49. The monoisotopic (exact) mass is 387 g/mol. The first-order chi connectivity index (χ1) is 11.3. The lowest BCUT2D eigenvalue weighted by Crippen LogP contribution is -2.27. The summed E-state index contributed by atoms with van der Waals surface area (Å²) in [6, 6.07) is 15.4. The minimum absolute atomic E-state index is 0.468. The first kappa shape index (κ1) is 16.5. The van der Waals surface area contributed by atoms with E-state index < -0.39 is 11.7 Å². The van der Waals surface area contributed by atoms with Gasteiger partial charge < -0.3 is 4.74 Å². The number of fused-ring (bicyclic) bond motifs is 1. The van der Waals surface area contributed by atoms with Crippen molar-refractivity contribution in [2.45, 2.75) is 26.4 Å². The van der Waals surface area contributed by atoms with Crippen molar-refractivity contribution in [2.24, 2.45) is 0 Å². The molecule has 3 aromatic rings. The van der Waals surface area contributed by atoms with Gasteiger partial charge in [-0.2, -0.15) is 0 Å². The Morgan fingerprint density at radius 2 is 1.79 bits per heavy atom. The molecule has 1 aromatic heterocycles. The number of carbonyl (C=O) groups is 1. The number of nitrogens with one attached hydrogen (secondary N) is 1. The van der Waals surface area contributed by atoms with Crippen LogP contribution < -0.4 is 5.32 Å². The maximum atomic E-state index is 11.8. The molecule has 0 aliphatic rings. The molecule has 1 heterocycles. The average Bonchev–Trinajstić information content (AvgIpc) is 2.82. The van der Waals surface area contributed by atoms with E-state index in [1.54, 1.807) is 0 Å². The summed E-state index contributed by atoms with van der Waals surface area (Å²) >= 11 is 3.50. The lowest BCUT2D eigenvalue weighted by atomic mass is 10.2. The zero-order valence-electron chi connectivity index (χ0n) is 13.7. The molecule has 1 N–H and O–H groups in total. The van der Waals surface area contributed by atoms with Crippen molar-refractivity contribution >= 4 is 38.7 Å². The number of amides is 1. The predicted octanol–water partition coefficient (Wildman–Crippen LogP) is 5.14. The molecular weight excluding hydrogens is 370 g/mol. The number of aromatic nitrogens is 2. The summed E-state index contributed by atoms with van der Waals surface area (Å²) in [7, 11) is 0. The molecule has 0 saturated heterocycles. The van der Waals surface area contributed by atoms with Crippen LogP contribution >= 0.6 is 15.9 Å². The van der Waals surface area contributed by atoms with Gasteiger partial charge in [-0.25, -0.2) is 9.78 Å². The highest BCUT2D eigenvalue weighted by atomic mass is 79.9. The molecule has 3 rings (SSSR count). The molecule has 0 atom stereocenters. The van der Waals surface area contributed by atoms with Crippen LogP contribution in [0.5, 0.6) is 0 Å². The normalized spacial score (nSPS) is 11.5. The minimum Gasteiger partial charge on any atom is -0.444 e. The highest BCUT2D eigenvalue weighted by Crippen LogP contribution is 2.25. The van der Waals surface area contributed by atoms with Gasteiger partial charge in [-0.15, -0.1) is 0 Å². The molecule has 0 fully saturated rings. The van der Waals surface area contributed by atoms with Crippen LogP contribution in [0.2, 0.25) is 0 Å². The van der Waals surface area contributed by atoms with E-state index in [0.29, 0.717) is 5.69 Å². The van der Waals surface area contributed by atoms with Gasteiger partial charge in [0.15, 0.2) is 4.73 Å². The second-order valence-corrected chi connectivity index (χ2v) is 7.09. The maximum absolute atomic E-state index is 11.8. The molecule has 6 heteroatoms. The van der Waals surface area contributed by atoms with E-state index in [-0.39, 0.29) is 0 Å². The fourth-order valence-electron chi connectivity index (χ4n) is 2.36. The van der Waals surface area contributed by atoms with Gasteiger partial charge in [-0.1, -0.05) is 12.1 Å². The van der Waals surface area contributed by atoms with E-state index in [0.717, 1.165) is 21.5 Å². The van der Waals surface area contributed by atoms with Gasteiger partial charge >= 0.3 is 6.09 Å². The fraction of sp³-hybridized carbons (Fsp3) is 0.222. The van der Waals surface area contributed by atoms with Crippen molar-refractivity contribution in [3.63, 3.8) is 0 Å². The van der Waals surface area contributed by atoms with E-state index in [9.17, 15) is 4.79 Å². The minimum atomic E-state index is -0.523. The van der Waals surface area contributed by atoms with Crippen LogP contribution in [0.3, 0.4) is 0 Å². The number of hydrogen-bond acceptors (Lipinski definition) is 3. The number of imidazole rings is 1. The summed E-state index contributed by atoms with van der Waals surface area (Å²) in [5, 5.41) is 2.72. The highest BCUT2D eigenvalue weighted by molar-refractivity contribution is 9.10. The molecule has 0 aliphatic carbocycles. The fourth-order valence-corrected chi connectivity index (χ4v) is 2.94. The van der Waals surface area contributed by atoms with Gasteiger partial charge in [0.1, 0.15) is 5.60 Å². The van der Waals surface area contributed by atoms with Crippen LogP contribution in [0.15, 0.2) is 53.3 Å². The van der Waals surface area contributed by atoms with E-state index in [1.165, 1.54) is 0 Å². The van der Waals surface area contributed by atoms with Crippen LogP contribution in [-0.2, 0) is 4.74 Å². The highest BCUT2D eigenvalue weighted by Gasteiger charge is 2.16. The maximum Gasteiger partial charge on any atom is 0.412 e. The first-order valence-electron chi connectivity index (χ1n) is 7.57. The van der Waals surface area contributed by atoms with E-state index >= 15 is 0 Å². The first-order valence-corrected chi connectivity index (χ1v) is 8.36. The Morgan fingerprint density at radius 1 is 1.12 bits per heavy atom. The Bertz CT molecular complexity index is 879. The SMILES string of the molecule is CC(C)(C)OC(=O)Nc1ccc(-n2c(Br)nc3ccccc32)cc1. The quantitative estimate of drug-likeness (QED) is 0.662. The van der Waals surface area contributed by atoms with Crippen molar-refractivity contribution in [3.8, 4) is 5.69 Å². The lowest BCUT2D eigenvalue weighted by Gasteiger charge is -2.19. The second-order valence-electron chi connectivity index (χ2n) is 6.38. The van der Waals surface area contributed by atoms with Crippen molar-refractivity contribution in [3.05, 3.63) is 53.3 Å². The van der Waals surface area contributed by atoms with Gasteiger partial charge in [0, 0.05) is 11.4 Å². The summed E-state index contributed by atoms with van der Waals surface area (Å²) in [6.07, 6.45) is -0.468. The average molecular weight is 388 g/mol. The van der Waals surface area contributed by atoms with Crippen LogP contribution in [0.25, 0.3) is 16.7 Å². The number of anilines is 1. The van der Waals surface area contributed by atoms with Crippen molar-refractivity contribution in [1.29, 1.82) is 0 Å². The van der Waals surface area contributed by atoms with Crippen LogP contribution in [0.1, 0.15) is 20.8 Å². The van der Waals surface area contributed by atoms with Crippen LogP contribution in [0, 0.1) is 0 Å². The Balaban J connectivity index is 1.84. The zero-order chi connectivity index (χ0) is 17.3. The predicted molar refractivity (Wildman–Crippen MR) is 98.6 cm³/mol. The standard InChI is InChI=1S/C18H18BrN3O2/c1-18(2,3)24-17(23)20-12-8-10-13(11-9-12)22-15-7-5-4-6-14(15)21-16(22)19/h4-11H,1-3H3,(H,20,23). The summed E-state index contributed by atoms with van der Waals surface area (Å²) in [5.74, 6) is 0. The topological polar surface area (TPSA) is 56.1 Å². The Labute approximate surface area is 148 Å². The molecule has 2 aromatic carbocycles. The number of halogens is 1. The molecular formula is C18H18BrN3O2. The number of para-hydroxylation sites is 2. The van der Waals surface area contributed by atoms with E-state index in [4.69, 9.17) is 4.74 Å². The Kier molecular flexibility index (Phi) is 4.32. The molecule has 124 valence electrons. The zero-order valence-corrected chi connectivity index (χ0v) is 15.3. The van der Waals surface area contributed by atoms with Crippen LogP contribution in [0.4, 0.5) is 10.5 Å². The van der Waals surface area contributed by atoms with E-state index in [2.05, 4.69) is 26.2 Å². The number of nitrogens with zero attached hydrogens (tertiary/aromatic N) is 2. The van der Waals surface area contributed by atoms with Gasteiger partial charge in [0.05, 0.1) is 11.0 Å². The Hall–Kier alpha value is -2.34. The summed E-state index contributed by atoms with van der Waals surface area (Å²) < 4.78 is 7.99. The molecule has 24 heavy (non-hydrogen) atoms. The van der Waals surface area contributed by atoms with Crippen molar-refractivity contribution in [1.82, 2.24) is 9.55 Å². The number of hydrogen-bond donors (Lipinski definition) is 1. The molecule has 0 bridgehead atoms. The van der Waals surface area contributed by atoms with Crippen LogP contribution in [-0.4, -0.2) is 21.2 Å². The van der Waals surface area contributed by atoms with E-state index in [1.807, 2.05) is 73.9 Å². The number of ether oxygens (including phenoxy) is 1. The molecule has 0 radical (unpaired) electrons. The number of benzene rings is 2. The third-order valence-electron chi connectivity index (χ3n) is 3.29. The summed E-state index contributed by atoms with van der Waals surface area (Å²) in [5.41, 5.74) is 3.03. The summed E-state index contributed by atoms with van der Waals surface area (Å²) in [4.78, 5) is 16.3. The molecule has 0 saturated carbocycles. The molecule has 0 spiro atoms. The van der Waals surface area contributed by atoms with Crippen molar-refractivity contribution in [2.75, 3.05) is 5.32 Å². The smallest absolute Gasteiger partial charge is 0.412 e.